The molecule has 0 aliphatic carbocycles. The Hall–Kier alpha value is -2.17. The van der Waals surface area contributed by atoms with Gasteiger partial charge in [-0.25, -0.2) is 4.39 Å². The molecule has 3 N–H and O–H groups in total. The second-order valence-electron chi connectivity index (χ2n) is 4.90. The summed E-state index contributed by atoms with van der Waals surface area (Å²) in [4.78, 5) is 0. The van der Waals surface area contributed by atoms with E-state index in [-0.39, 0.29) is 11.9 Å². The molecule has 0 aliphatic rings. The molecule has 0 aliphatic heterocycles. The Morgan fingerprint density at radius 1 is 1.35 bits per heavy atom. The van der Waals surface area contributed by atoms with E-state index in [1.165, 1.54) is 6.07 Å². The van der Waals surface area contributed by atoms with E-state index in [4.69, 9.17) is 14.9 Å². The fourth-order valence-corrected chi connectivity index (χ4v) is 1.83. The summed E-state index contributed by atoms with van der Waals surface area (Å²) in [6.45, 7) is 6.04. The Labute approximate surface area is 117 Å². The number of nitrogens with two attached hydrogens (primary N) is 1. The van der Waals surface area contributed by atoms with Crippen LogP contribution in [0.25, 0.3) is 0 Å². The van der Waals surface area contributed by atoms with Crippen molar-refractivity contribution in [3.8, 4) is 5.75 Å². The fraction of sp³-hybridized carbons (Fsp3) is 0.333. The van der Waals surface area contributed by atoms with Crippen LogP contribution >= 0.6 is 0 Å². The number of hydrogen-bond acceptors (Lipinski definition) is 4. The minimum Gasteiger partial charge on any atom is -0.488 e. The molecule has 1 aromatic heterocycles. The molecular weight excluding hydrogens is 259 g/mol. The predicted molar refractivity (Wildman–Crippen MR) is 77.3 cm³/mol. The highest BCUT2D eigenvalue weighted by Crippen LogP contribution is 2.29. The van der Waals surface area contributed by atoms with E-state index >= 15 is 0 Å². The third-order valence-electron chi connectivity index (χ3n) is 2.72. The van der Waals surface area contributed by atoms with Crippen LogP contribution in [0.5, 0.6) is 5.75 Å². The maximum absolute atomic E-state index is 13.7. The molecule has 0 amide bonds. The van der Waals surface area contributed by atoms with Gasteiger partial charge < -0.3 is 20.2 Å². The van der Waals surface area contributed by atoms with Crippen LogP contribution in [-0.4, -0.2) is 6.10 Å². The van der Waals surface area contributed by atoms with Crippen LogP contribution in [0, 0.1) is 12.7 Å². The van der Waals surface area contributed by atoms with Crippen LogP contribution in [0.3, 0.4) is 0 Å². The lowest BCUT2D eigenvalue weighted by atomic mass is 10.2. The Morgan fingerprint density at radius 2 is 2.10 bits per heavy atom. The van der Waals surface area contributed by atoms with Crippen molar-refractivity contribution < 1.29 is 13.5 Å². The number of nitrogens with one attached hydrogen (secondary N) is 1. The van der Waals surface area contributed by atoms with Crippen LogP contribution < -0.4 is 15.8 Å². The Balaban J connectivity index is 2.14. The largest absolute Gasteiger partial charge is 0.488 e. The summed E-state index contributed by atoms with van der Waals surface area (Å²) in [5, 5.41) is 3.12. The summed E-state index contributed by atoms with van der Waals surface area (Å²) in [6.07, 6.45) is -0.103. The SMILES string of the molecule is Cc1ccc(CNc2cc(OC(C)C)c(F)cc2N)o1. The van der Waals surface area contributed by atoms with Gasteiger partial charge in [0.25, 0.3) is 0 Å². The lowest BCUT2D eigenvalue weighted by Crippen LogP contribution is -2.09. The van der Waals surface area contributed by atoms with E-state index in [0.29, 0.717) is 17.9 Å². The molecule has 5 heteroatoms. The van der Waals surface area contributed by atoms with Gasteiger partial charge in [-0.15, -0.1) is 0 Å². The summed E-state index contributed by atoms with van der Waals surface area (Å²) < 4.78 is 24.6. The summed E-state index contributed by atoms with van der Waals surface area (Å²) >= 11 is 0. The number of benzene rings is 1. The number of furan rings is 1. The van der Waals surface area contributed by atoms with Crippen molar-refractivity contribution in [1.82, 2.24) is 0 Å². The first kappa shape index (κ1) is 14.2. The summed E-state index contributed by atoms with van der Waals surface area (Å²) in [6, 6.07) is 6.60. The molecule has 0 saturated carbocycles. The normalized spacial score (nSPS) is 10.8. The Bertz CT molecular complexity index is 594. The van der Waals surface area contributed by atoms with E-state index < -0.39 is 5.82 Å². The molecule has 0 radical (unpaired) electrons. The molecule has 20 heavy (non-hydrogen) atoms. The van der Waals surface area contributed by atoms with Gasteiger partial charge in [0.15, 0.2) is 11.6 Å². The highest BCUT2D eigenvalue weighted by Gasteiger charge is 2.11. The highest BCUT2D eigenvalue weighted by molar-refractivity contribution is 5.68. The Morgan fingerprint density at radius 3 is 2.70 bits per heavy atom. The molecule has 0 atom stereocenters. The van der Waals surface area contributed by atoms with Crippen LogP contribution in [-0.2, 0) is 6.54 Å². The number of halogens is 1. The summed E-state index contributed by atoms with van der Waals surface area (Å²) in [7, 11) is 0. The standard InChI is InChI=1S/C15H19FN2O2/c1-9(2)19-15-7-14(13(17)6-12(15)16)18-8-11-5-4-10(3)20-11/h4-7,9,18H,8,17H2,1-3H3. The third kappa shape index (κ3) is 3.44. The molecule has 2 rings (SSSR count). The first-order valence-electron chi connectivity index (χ1n) is 6.50. The van der Waals surface area contributed by atoms with Crippen LogP contribution in [0.2, 0.25) is 0 Å². The second kappa shape index (κ2) is 5.86. The van der Waals surface area contributed by atoms with E-state index in [1.807, 2.05) is 32.9 Å². The van der Waals surface area contributed by atoms with Gasteiger partial charge in [-0.05, 0) is 32.9 Å². The minimum absolute atomic E-state index is 0.103. The molecule has 108 valence electrons. The second-order valence-corrected chi connectivity index (χ2v) is 4.90. The van der Waals surface area contributed by atoms with Gasteiger partial charge in [0.05, 0.1) is 24.0 Å². The van der Waals surface area contributed by atoms with E-state index in [9.17, 15) is 4.39 Å². The van der Waals surface area contributed by atoms with Gasteiger partial charge in [-0.3, -0.25) is 0 Å². The average molecular weight is 278 g/mol. The molecule has 1 heterocycles. The van der Waals surface area contributed by atoms with Gasteiger partial charge in [0.2, 0.25) is 0 Å². The molecule has 0 unspecified atom stereocenters. The molecule has 0 fully saturated rings. The van der Waals surface area contributed by atoms with E-state index in [0.717, 1.165) is 11.5 Å². The van der Waals surface area contributed by atoms with Crippen molar-refractivity contribution in [2.75, 3.05) is 11.1 Å². The monoisotopic (exact) mass is 278 g/mol. The number of nitrogen functional groups attached to an aromatic ring is 1. The van der Waals surface area contributed by atoms with E-state index in [2.05, 4.69) is 5.32 Å². The van der Waals surface area contributed by atoms with Crippen molar-refractivity contribution in [3.05, 3.63) is 41.6 Å². The topological polar surface area (TPSA) is 60.4 Å². The molecule has 1 aromatic carbocycles. The minimum atomic E-state index is -0.462. The lowest BCUT2D eigenvalue weighted by molar-refractivity contribution is 0.231. The summed E-state index contributed by atoms with van der Waals surface area (Å²) in [5.74, 6) is 1.36. The maximum atomic E-state index is 13.7. The molecule has 2 aromatic rings. The van der Waals surface area contributed by atoms with Gasteiger partial charge in [0, 0.05) is 12.1 Å². The van der Waals surface area contributed by atoms with Crippen molar-refractivity contribution in [2.24, 2.45) is 0 Å². The van der Waals surface area contributed by atoms with Gasteiger partial charge in [-0.1, -0.05) is 0 Å². The lowest BCUT2D eigenvalue weighted by Gasteiger charge is -2.14. The van der Waals surface area contributed by atoms with Crippen molar-refractivity contribution in [2.45, 2.75) is 33.4 Å². The van der Waals surface area contributed by atoms with Crippen molar-refractivity contribution in [3.63, 3.8) is 0 Å². The van der Waals surface area contributed by atoms with Crippen molar-refractivity contribution in [1.29, 1.82) is 0 Å². The predicted octanol–water partition coefficient (Wildman–Crippen LogP) is 3.71. The van der Waals surface area contributed by atoms with Crippen molar-refractivity contribution >= 4 is 11.4 Å². The first-order chi connectivity index (χ1) is 9.45. The molecule has 4 nitrogen and oxygen atoms in total. The molecule has 0 bridgehead atoms. The zero-order chi connectivity index (χ0) is 14.7. The zero-order valence-electron chi connectivity index (χ0n) is 11.9. The molecule has 0 spiro atoms. The third-order valence-corrected chi connectivity index (χ3v) is 2.72. The van der Waals surface area contributed by atoms with Crippen LogP contribution in [0.15, 0.2) is 28.7 Å². The number of rotatable bonds is 5. The number of aryl methyl sites for hydroxylation is 1. The fourth-order valence-electron chi connectivity index (χ4n) is 1.83. The van der Waals surface area contributed by atoms with Crippen LogP contribution in [0.1, 0.15) is 25.4 Å². The van der Waals surface area contributed by atoms with E-state index in [1.54, 1.807) is 6.07 Å². The van der Waals surface area contributed by atoms with Crippen LogP contribution in [0.4, 0.5) is 15.8 Å². The number of ether oxygens (including phenoxy) is 1. The summed E-state index contributed by atoms with van der Waals surface area (Å²) in [5.41, 5.74) is 6.76. The highest BCUT2D eigenvalue weighted by atomic mass is 19.1. The average Bonchev–Trinajstić information content (AvgIpc) is 2.76. The first-order valence-corrected chi connectivity index (χ1v) is 6.50. The van der Waals surface area contributed by atoms with Gasteiger partial charge in [0.1, 0.15) is 11.5 Å². The smallest absolute Gasteiger partial charge is 0.167 e. The van der Waals surface area contributed by atoms with Gasteiger partial charge in [-0.2, -0.15) is 0 Å². The quantitative estimate of drug-likeness (QED) is 0.818. The maximum Gasteiger partial charge on any atom is 0.167 e. The number of hydrogen-bond donors (Lipinski definition) is 2. The van der Waals surface area contributed by atoms with Gasteiger partial charge >= 0.3 is 0 Å². The number of anilines is 2. The Kier molecular flexibility index (Phi) is 4.17. The molecular formula is C15H19FN2O2. The molecule has 0 saturated heterocycles. The zero-order valence-corrected chi connectivity index (χ0v) is 11.9.